The summed E-state index contributed by atoms with van der Waals surface area (Å²) in [4.78, 5) is 26.6. The lowest BCUT2D eigenvalue weighted by Crippen LogP contribution is -2.45. The maximum Gasteiger partial charge on any atom is 0.319 e. The predicted molar refractivity (Wildman–Crippen MR) is 113 cm³/mol. The Morgan fingerprint density at radius 2 is 1.86 bits per heavy atom. The number of urea groups is 1. The lowest BCUT2D eigenvalue weighted by Gasteiger charge is -2.33. The van der Waals surface area contributed by atoms with E-state index in [1.165, 1.54) is 22.9 Å². The monoisotopic (exact) mass is 398 g/mol. The molecule has 1 atom stereocenters. The molecule has 4 N–H and O–H groups in total. The molecule has 2 aromatic carbocycles. The smallest absolute Gasteiger partial charge is 0.319 e. The minimum atomic E-state index is -0.388. The summed E-state index contributed by atoms with van der Waals surface area (Å²) in [7, 11) is 0. The molecule has 0 bridgehead atoms. The molecule has 1 unspecified atom stereocenters. The summed E-state index contributed by atoms with van der Waals surface area (Å²) in [6.45, 7) is 4.59. The first kappa shape index (κ1) is 20.2. The summed E-state index contributed by atoms with van der Waals surface area (Å²) >= 11 is 1.31. The summed E-state index contributed by atoms with van der Waals surface area (Å²) in [5.41, 5.74) is 8.67. The number of amides is 3. The quantitative estimate of drug-likeness (QED) is 0.626. The molecule has 0 saturated heterocycles. The molecule has 1 heterocycles. The highest BCUT2D eigenvalue weighted by Crippen LogP contribution is 2.26. The van der Waals surface area contributed by atoms with Gasteiger partial charge in [-0.3, -0.25) is 9.69 Å². The van der Waals surface area contributed by atoms with Crippen molar-refractivity contribution < 1.29 is 9.59 Å². The number of carbonyl (C=O) groups excluding carboxylic acids is 2. The summed E-state index contributed by atoms with van der Waals surface area (Å²) in [5, 5.41) is 5.82. The molecule has 0 saturated carbocycles. The molecule has 1 aliphatic heterocycles. The zero-order chi connectivity index (χ0) is 19.9. The summed E-state index contributed by atoms with van der Waals surface area (Å²) < 4.78 is 0. The number of rotatable bonds is 7. The summed E-state index contributed by atoms with van der Waals surface area (Å²) in [6, 6.07) is 15.9. The predicted octanol–water partition coefficient (Wildman–Crippen LogP) is 2.83. The second-order valence-electron chi connectivity index (χ2n) is 6.92. The number of primary amides is 1. The van der Waals surface area contributed by atoms with Crippen LogP contribution in [0.25, 0.3) is 0 Å². The SMILES string of the molecule is CC(CNC(=O)Nc1ccccc1SCC(N)=O)N1CCc2ccccc2C1. The minimum Gasteiger partial charge on any atom is -0.369 e. The van der Waals surface area contributed by atoms with Crippen molar-refractivity contribution in [3.63, 3.8) is 0 Å². The molecule has 7 heteroatoms. The van der Waals surface area contributed by atoms with Gasteiger partial charge in [0.1, 0.15) is 0 Å². The van der Waals surface area contributed by atoms with Gasteiger partial charge in [-0.25, -0.2) is 4.79 Å². The van der Waals surface area contributed by atoms with Gasteiger partial charge in [-0.05, 0) is 36.6 Å². The fraction of sp³-hybridized carbons (Fsp3) is 0.333. The van der Waals surface area contributed by atoms with Crippen molar-refractivity contribution in [2.24, 2.45) is 5.73 Å². The van der Waals surface area contributed by atoms with Gasteiger partial charge in [-0.1, -0.05) is 36.4 Å². The van der Waals surface area contributed by atoms with E-state index >= 15 is 0 Å². The molecule has 1 aliphatic rings. The molecular weight excluding hydrogens is 372 g/mol. The molecule has 148 valence electrons. The van der Waals surface area contributed by atoms with Crippen LogP contribution < -0.4 is 16.4 Å². The Bertz CT molecular complexity index is 843. The topological polar surface area (TPSA) is 87.5 Å². The maximum absolute atomic E-state index is 12.3. The highest BCUT2D eigenvalue weighted by molar-refractivity contribution is 8.00. The number of anilines is 1. The first-order valence-corrected chi connectivity index (χ1v) is 10.4. The van der Waals surface area contributed by atoms with Crippen LogP contribution >= 0.6 is 11.8 Å². The standard InChI is InChI=1S/C21H26N4O2S/c1-15(25-11-10-16-6-2-3-7-17(16)13-25)12-23-21(27)24-18-8-4-5-9-19(18)28-14-20(22)26/h2-9,15H,10-14H2,1H3,(H2,22,26)(H2,23,24,27). The molecular formula is C21H26N4O2S. The third-order valence-electron chi connectivity index (χ3n) is 4.85. The number of hydrogen-bond donors (Lipinski definition) is 3. The van der Waals surface area contributed by atoms with Crippen LogP contribution in [0.1, 0.15) is 18.1 Å². The Morgan fingerprint density at radius 3 is 2.64 bits per heavy atom. The average molecular weight is 399 g/mol. The number of carbonyl (C=O) groups is 2. The third-order valence-corrected chi connectivity index (χ3v) is 5.94. The number of thioether (sulfide) groups is 1. The van der Waals surface area contributed by atoms with Crippen molar-refractivity contribution in [2.75, 3.05) is 24.2 Å². The highest BCUT2D eigenvalue weighted by Gasteiger charge is 2.20. The molecule has 3 amide bonds. The van der Waals surface area contributed by atoms with Gasteiger partial charge in [0.05, 0.1) is 11.4 Å². The van der Waals surface area contributed by atoms with E-state index < -0.39 is 0 Å². The minimum absolute atomic E-state index is 0.174. The van der Waals surface area contributed by atoms with Crippen LogP contribution in [0.2, 0.25) is 0 Å². The zero-order valence-electron chi connectivity index (χ0n) is 16.0. The molecule has 6 nitrogen and oxygen atoms in total. The molecule has 28 heavy (non-hydrogen) atoms. The Kier molecular flexibility index (Phi) is 6.95. The summed E-state index contributed by atoms with van der Waals surface area (Å²) in [6.07, 6.45) is 1.04. The van der Waals surface area contributed by atoms with Gasteiger partial charge in [0.15, 0.2) is 0 Å². The van der Waals surface area contributed by atoms with Crippen molar-refractivity contribution in [3.8, 4) is 0 Å². The van der Waals surface area contributed by atoms with Crippen molar-refractivity contribution in [3.05, 3.63) is 59.7 Å². The van der Waals surface area contributed by atoms with E-state index in [1.807, 2.05) is 24.3 Å². The second-order valence-corrected chi connectivity index (χ2v) is 7.94. The van der Waals surface area contributed by atoms with Gasteiger partial charge < -0.3 is 16.4 Å². The van der Waals surface area contributed by atoms with Crippen LogP contribution in [0.15, 0.2) is 53.4 Å². The van der Waals surface area contributed by atoms with Crippen LogP contribution in [0, 0.1) is 0 Å². The van der Waals surface area contributed by atoms with E-state index in [4.69, 9.17) is 5.73 Å². The second kappa shape index (κ2) is 9.61. The van der Waals surface area contributed by atoms with E-state index in [0.717, 1.165) is 24.4 Å². The fourth-order valence-electron chi connectivity index (χ4n) is 3.27. The Morgan fingerprint density at radius 1 is 1.14 bits per heavy atom. The van der Waals surface area contributed by atoms with E-state index in [2.05, 4.69) is 46.7 Å². The van der Waals surface area contributed by atoms with E-state index in [9.17, 15) is 9.59 Å². The number of nitrogens with one attached hydrogen (secondary N) is 2. The largest absolute Gasteiger partial charge is 0.369 e. The van der Waals surface area contributed by atoms with Crippen LogP contribution in [-0.4, -0.2) is 41.7 Å². The van der Waals surface area contributed by atoms with Crippen LogP contribution in [0.4, 0.5) is 10.5 Å². The normalized spacial score (nSPS) is 14.8. The van der Waals surface area contributed by atoms with Crippen molar-refractivity contribution >= 4 is 29.4 Å². The van der Waals surface area contributed by atoms with E-state index in [-0.39, 0.29) is 23.7 Å². The van der Waals surface area contributed by atoms with Crippen LogP contribution in [-0.2, 0) is 17.8 Å². The number of para-hydroxylation sites is 1. The first-order valence-electron chi connectivity index (χ1n) is 9.38. The summed E-state index contributed by atoms with van der Waals surface area (Å²) in [5.74, 6) is -0.213. The average Bonchev–Trinajstić information content (AvgIpc) is 2.71. The Labute approximate surface area is 169 Å². The van der Waals surface area contributed by atoms with Gasteiger partial charge in [0, 0.05) is 30.6 Å². The number of benzene rings is 2. The molecule has 0 aliphatic carbocycles. The third kappa shape index (κ3) is 5.50. The van der Waals surface area contributed by atoms with Gasteiger partial charge >= 0.3 is 6.03 Å². The van der Waals surface area contributed by atoms with Gasteiger partial charge in [0.25, 0.3) is 0 Å². The van der Waals surface area contributed by atoms with Gasteiger partial charge in [-0.15, -0.1) is 11.8 Å². The molecule has 0 aromatic heterocycles. The molecule has 0 fully saturated rings. The first-order chi connectivity index (χ1) is 13.5. The van der Waals surface area contributed by atoms with Crippen LogP contribution in [0.5, 0.6) is 0 Å². The Hall–Kier alpha value is -2.51. The molecule has 0 radical (unpaired) electrons. The maximum atomic E-state index is 12.3. The molecule has 2 aromatic rings. The zero-order valence-corrected chi connectivity index (χ0v) is 16.8. The van der Waals surface area contributed by atoms with Crippen molar-refractivity contribution in [1.82, 2.24) is 10.2 Å². The van der Waals surface area contributed by atoms with Crippen molar-refractivity contribution in [2.45, 2.75) is 30.8 Å². The molecule has 0 spiro atoms. The van der Waals surface area contributed by atoms with Crippen molar-refractivity contribution in [1.29, 1.82) is 0 Å². The number of nitrogens with zero attached hydrogens (tertiary/aromatic N) is 1. The number of fused-ring (bicyclic) bond motifs is 1. The Balaban J connectivity index is 1.50. The van der Waals surface area contributed by atoms with E-state index in [0.29, 0.717) is 12.2 Å². The lowest BCUT2D eigenvalue weighted by atomic mass is 9.99. The highest BCUT2D eigenvalue weighted by atomic mass is 32.2. The number of hydrogen-bond acceptors (Lipinski definition) is 4. The van der Waals surface area contributed by atoms with Gasteiger partial charge in [0.2, 0.25) is 5.91 Å². The van der Waals surface area contributed by atoms with Gasteiger partial charge in [-0.2, -0.15) is 0 Å². The fourth-order valence-corrected chi connectivity index (χ4v) is 4.02. The van der Waals surface area contributed by atoms with Crippen LogP contribution in [0.3, 0.4) is 0 Å². The van der Waals surface area contributed by atoms with E-state index in [1.54, 1.807) is 0 Å². The lowest BCUT2D eigenvalue weighted by molar-refractivity contribution is -0.115. The number of nitrogens with two attached hydrogens (primary N) is 1. The molecule has 3 rings (SSSR count).